The molecule has 0 atom stereocenters. The minimum Gasteiger partial charge on any atom is -0.487 e. The van der Waals surface area contributed by atoms with Gasteiger partial charge in [-0.05, 0) is 53.9 Å². The number of pyridine rings is 1. The molecule has 0 aliphatic heterocycles. The van der Waals surface area contributed by atoms with Crippen molar-refractivity contribution >= 4 is 10.0 Å². The van der Waals surface area contributed by atoms with Crippen molar-refractivity contribution in [1.29, 1.82) is 0 Å². The van der Waals surface area contributed by atoms with E-state index in [2.05, 4.69) is 16.6 Å². The Morgan fingerprint density at radius 2 is 1.79 bits per heavy atom. The number of hydrogen-bond acceptors (Lipinski definition) is 4. The normalized spacial score (nSPS) is 11.3. The van der Waals surface area contributed by atoms with Gasteiger partial charge in [0.05, 0.1) is 10.6 Å². The molecule has 3 rings (SSSR count). The third kappa shape index (κ3) is 5.65. The van der Waals surface area contributed by atoms with Crippen LogP contribution in [-0.2, 0) is 29.6 Å². The fourth-order valence-corrected chi connectivity index (χ4v) is 3.79. The molecule has 0 radical (unpaired) electrons. The third-order valence-corrected chi connectivity index (χ3v) is 5.67. The predicted octanol–water partition coefficient (Wildman–Crippen LogP) is 4.09. The second kappa shape index (κ2) is 9.48. The lowest BCUT2D eigenvalue weighted by Gasteiger charge is -2.10. The molecule has 0 aliphatic rings. The van der Waals surface area contributed by atoms with Gasteiger partial charge in [-0.1, -0.05) is 43.7 Å². The molecule has 0 spiro atoms. The molecule has 1 heterocycles. The van der Waals surface area contributed by atoms with Crippen molar-refractivity contribution in [1.82, 2.24) is 9.71 Å². The molecule has 1 N–H and O–H groups in total. The summed E-state index contributed by atoms with van der Waals surface area (Å²) < 4.78 is 33.4. The molecule has 28 heavy (non-hydrogen) atoms. The van der Waals surface area contributed by atoms with Gasteiger partial charge in [0, 0.05) is 12.7 Å². The van der Waals surface area contributed by atoms with Crippen LogP contribution in [0.5, 0.6) is 5.75 Å². The average molecular weight is 397 g/mol. The van der Waals surface area contributed by atoms with Gasteiger partial charge in [0.15, 0.2) is 0 Å². The van der Waals surface area contributed by atoms with E-state index in [4.69, 9.17) is 4.74 Å². The molecule has 0 fully saturated rings. The van der Waals surface area contributed by atoms with E-state index in [-0.39, 0.29) is 11.4 Å². The average Bonchev–Trinajstić information content (AvgIpc) is 2.73. The summed E-state index contributed by atoms with van der Waals surface area (Å²) in [4.78, 5) is 4.49. The minimum atomic E-state index is -3.56. The molecule has 5 nitrogen and oxygen atoms in total. The lowest BCUT2D eigenvalue weighted by molar-refractivity contribution is 0.301. The van der Waals surface area contributed by atoms with E-state index in [1.54, 1.807) is 18.3 Å². The van der Waals surface area contributed by atoms with Crippen LogP contribution in [0.15, 0.2) is 77.8 Å². The number of ether oxygens (including phenoxy) is 1. The van der Waals surface area contributed by atoms with Crippen molar-refractivity contribution in [2.24, 2.45) is 0 Å². The number of hydrogen-bond donors (Lipinski definition) is 1. The second-order valence-corrected chi connectivity index (χ2v) is 8.24. The lowest BCUT2D eigenvalue weighted by atomic mass is 10.1. The van der Waals surface area contributed by atoms with Crippen molar-refractivity contribution < 1.29 is 13.2 Å². The molecular weight excluding hydrogens is 372 g/mol. The van der Waals surface area contributed by atoms with Gasteiger partial charge in [-0.25, -0.2) is 13.1 Å². The van der Waals surface area contributed by atoms with Crippen LogP contribution >= 0.6 is 0 Å². The number of nitrogens with one attached hydrogen (secondary N) is 1. The highest BCUT2D eigenvalue weighted by Gasteiger charge is 2.13. The summed E-state index contributed by atoms with van der Waals surface area (Å²) in [5, 5.41) is 0. The Bertz CT molecular complexity index is 988. The van der Waals surface area contributed by atoms with Gasteiger partial charge in [0.1, 0.15) is 12.4 Å². The highest BCUT2D eigenvalue weighted by Crippen LogP contribution is 2.16. The zero-order chi connectivity index (χ0) is 19.8. The van der Waals surface area contributed by atoms with Gasteiger partial charge in [-0.15, -0.1) is 0 Å². The first-order valence-corrected chi connectivity index (χ1v) is 10.8. The summed E-state index contributed by atoms with van der Waals surface area (Å²) in [5.41, 5.74) is 2.80. The van der Waals surface area contributed by atoms with E-state index < -0.39 is 10.0 Å². The van der Waals surface area contributed by atoms with Crippen LogP contribution in [0.3, 0.4) is 0 Å². The van der Waals surface area contributed by atoms with Crippen molar-refractivity contribution in [2.45, 2.75) is 37.8 Å². The van der Waals surface area contributed by atoms with E-state index in [1.165, 1.54) is 0 Å². The van der Waals surface area contributed by atoms with E-state index >= 15 is 0 Å². The van der Waals surface area contributed by atoms with Gasteiger partial charge in [-0.2, -0.15) is 0 Å². The van der Waals surface area contributed by atoms with Gasteiger partial charge in [-0.3, -0.25) is 4.98 Å². The Morgan fingerprint density at radius 1 is 0.964 bits per heavy atom. The van der Waals surface area contributed by atoms with Crippen molar-refractivity contribution in [3.05, 3.63) is 89.7 Å². The summed E-state index contributed by atoms with van der Waals surface area (Å²) in [6.07, 6.45) is 3.70. The number of rotatable bonds is 9. The monoisotopic (exact) mass is 396 g/mol. The van der Waals surface area contributed by atoms with Crippen LogP contribution in [0.25, 0.3) is 0 Å². The van der Waals surface area contributed by atoms with E-state index in [0.29, 0.717) is 12.4 Å². The van der Waals surface area contributed by atoms with Crippen molar-refractivity contribution in [3.8, 4) is 5.75 Å². The van der Waals surface area contributed by atoms with Crippen molar-refractivity contribution in [3.63, 3.8) is 0 Å². The van der Waals surface area contributed by atoms with Gasteiger partial charge >= 0.3 is 0 Å². The molecular formula is C22H24N2O3S. The summed E-state index contributed by atoms with van der Waals surface area (Å²) >= 11 is 0. The Hall–Kier alpha value is -2.70. The number of nitrogens with zero attached hydrogens (tertiary/aromatic N) is 1. The molecule has 6 heteroatoms. The molecule has 0 unspecified atom stereocenters. The molecule has 0 saturated carbocycles. The Kier molecular flexibility index (Phi) is 6.79. The van der Waals surface area contributed by atoms with Gasteiger partial charge in [0.2, 0.25) is 10.0 Å². The first kappa shape index (κ1) is 20.0. The topological polar surface area (TPSA) is 68.3 Å². The van der Waals surface area contributed by atoms with E-state index in [1.807, 2.05) is 54.6 Å². The predicted molar refractivity (Wildman–Crippen MR) is 109 cm³/mol. The molecule has 1 aromatic heterocycles. The second-order valence-electron chi connectivity index (χ2n) is 6.48. The number of aryl methyl sites for hydroxylation is 1. The maximum Gasteiger partial charge on any atom is 0.240 e. The van der Waals surface area contributed by atoms with Crippen molar-refractivity contribution in [2.75, 3.05) is 0 Å². The molecule has 0 saturated heterocycles. The zero-order valence-electron chi connectivity index (χ0n) is 15.8. The summed E-state index contributed by atoms with van der Waals surface area (Å²) in [7, 11) is -3.56. The summed E-state index contributed by atoms with van der Waals surface area (Å²) in [6.45, 7) is 2.65. The van der Waals surface area contributed by atoms with Crippen LogP contribution in [0.4, 0.5) is 0 Å². The molecule has 146 valence electrons. The molecule has 0 bridgehead atoms. The van der Waals surface area contributed by atoms with Crippen LogP contribution < -0.4 is 9.46 Å². The fraction of sp³-hybridized carbons (Fsp3) is 0.227. The fourth-order valence-electron chi connectivity index (χ4n) is 2.77. The Morgan fingerprint density at radius 3 is 2.50 bits per heavy atom. The highest BCUT2D eigenvalue weighted by atomic mass is 32.2. The maximum atomic E-state index is 12.5. The number of aromatic nitrogens is 1. The van der Waals surface area contributed by atoms with E-state index in [9.17, 15) is 8.42 Å². The lowest BCUT2D eigenvalue weighted by Crippen LogP contribution is -2.23. The summed E-state index contributed by atoms with van der Waals surface area (Å²) in [5.74, 6) is 0.672. The highest BCUT2D eigenvalue weighted by molar-refractivity contribution is 7.89. The van der Waals surface area contributed by atoms with E-state index in [0.717, 1.165) is 29.7 Å². The molecule has 0 amide bonds. The molecule has 3 aromatic rings. The first-order chi connectivity index (χ1) is 13.6. The van der Waals surface area contributed by atoms with Crippen LogP contribution in [0.1, 0.15) is 30.2 Å². The number of sulfonamides is 1. The first-order valence-electron chi connectivity index (χ1n) is 9.27. The Labute approximate surface area is 166 Å². The molecule has 2 aromatic carbocycles. The van der Waals surface area contributed by atoms with Crippen LogP contribution in [0, 0.1) is 0 Å². The quantitative estimate of drug-likeness (QED) is 0.591. The van der Waals surface area contributed by atoms with Gasteiger partial charge < -0.3 is 4.74 Å². The van der Waals surface area contributed by atoms with Crippen LogP contribution in [-0.4, -0.2) is 13.4 Å². The van der Waals surface area contributed by atoms with Gasteiger partial charge in [0.25, 0.3) is 0 Å². The smallest absolute Gasteiger partial charge is 0.240 e. The molecule has 0 aliphatic carbocycles. The summed E-state index contributed by atoms with van der Waals surface area (Å²) in [6, 6.07) is 20.1. The maximum absolute atomic E-state index is 12.5. The zero-order valence-corrected chi connectivity index (χ0v) is 16.7. The third-order valence-electron chi connectivity index (χ3n) is 4.25. The largest absolute Gasteiger partial charge is 0.487 e. The Balaban J connectivity index is 1.60. The number of benzene rings is 2. The standard InChI is InChI=1S/C22H24N2O3S/c1-2-6-18-10-12-22(13-11-18)28(25,26)24-16-19-7-5-9-21(15-19)27-17-20-8-3-4-14-23-20/h3-5,7-15,24H,2,6,16-17H2,1H3. The minimum absolute atomic E-state index is 0.194. The SMILES string of the molecule is CCCc1ccc(S(=O)(=O)NCc2cccc(OCc3ccccn3)c2)cc1. The van der Waals surface area contributed by atoms with Crippen LogP contribution in [0.2, 0.25) is 0 Å².